The topological polar surface area (TPSA) is 91.0 Å². The second-order valence-corrected chi connectivity index (χ2v) is 4.51. The van der Waals surface area contributed by atoms with Gasteiger partial charge in [-0.2, -0.15) is 0 Å². The second kappa shape index (κ2) is 6.14. The lowest BCUT2D eigenvalue weighted by molar-refractivity contribution is 0.0594. The Hall–Kier alpha value is -2.15. The fourth-order valence-electron chi connectivity index (χ4n) is 1.37. The van der Waals surface area contributed by atoms with Crippen molar-refractivity contribution in [2.24, 2.45) is 0 Å². The highest BCUT2D eigenvalue weighted by Crippen LogP contribution is 2.23. The van der Waals surface area contributed by atoms with Crippen molar-refractivity contribution in [3.05, 3.63) is 42.0 Å². The van der Waals surface area contributed by atoms with E-state index in [1.807, 2.05) is 6.07 Å². The Kier molecular flexibility index (Phi) is 4.30. The number of rotatable bonds is 4. The van der Waals surface area contributed by atoms with Gasteiger partial charge in [-0.1, -0.05) is 17.8 Å². The molecule has 0 aromatic carbocycles. The molecular weight excluding hydrogens is 264 g/mol. The summed E-state index contributed by atoms with van der Waals surface area (Å²) in [7, 11) is 1.33. The van der Waals surface area contributed by atoms with Crippen LogP contribution in [0.1, 0.15) is 16.2 Å². The molecule has 0 atom stereocenters. The van der Waals surface area contributed by atoms with Crippen LogP contribution in [-0.2, 0) is 10.5 Å². The number of nitrogen functional groups attached to an aromatic ring is 1. The molecule has 0 spiro atoms. The van der Waals surface area contributed by atoms with Crippen LogP contribution in [0.5, 0.6) is 0 Å². The summed E-state index contributed by atoms with van der Waals surface area (Å²) in [5.74, 6) is 0.482. The van der Waals surface area contributed by atoms with Gasteiger partial charge in [0.2, 0.25) is 0 Å². The lowest BCUT2D eigenvalue weighted by atomic mass is 10.3. The minimum absolute atomic E-state index is 0.285. The number of thioether (sulfide) groups is 1. The number of nitrogens with zero attached hydrogens (tertiary/aromatic N) is 3. The third kappa shape index (κ3) is 3.41. The number of aromatic nitrogens is 3. The zero-order valence-electron chi connectivity index (χ0n) is 10.2. The average Bonchev–Trinajstić information content (AvgIpc) is 2.46. The van der Waals surface area contributed by atoms with E-state index in [9.17, 15) is 4.79 Å². The monoisotopic (exact) mass is 276 g/mol. The van der Waals surface area contributed by atoms with Gasteiger partial charge in [0.15, 0.2) is 5.82 Å². The Labute approximate surface area is 114 Å². The summed E-state index contributed by atoms with van der Waals surface area (Å²) in [6, 6.07) is 5.19. The molecule has 0 fully saturated rings. The van der Waals surface area contributed by atoms with Crippen molar-refractivity contribution in [1.82, 2.24) is 15.0 Å². The average molecular weight is 276 g/mol. The number of pyridine rings is 1. The van der Waals surface area contributed by atoms with E-state index in [4.69, 9.17) is 5.73 Å². The van der Waals surface area contributed by atoms with Crippen LogP contribution in [0.4, 0.5) is 5.82 Å². The molecule has 0 aliphatic rings. The largest absolute Gasteiger partial charge is 0.464 e. The molecule has 0 bridgehead atoms. The number of hydrogen-bond donors (Lipinski definition) is 1. The maximum atomic E-state index is 11.4. The molecule has 0 saturated heterocycles. The number of ether oxygens (including phenoxy) is 1. The third-order valence-corrected chi connectivity index (χ3v) is 3.28. The number of carbonyl (C=O) groups is 1. The molecule has 19 heavy (non-hydrogen) atoms. The quantitative estimate of drug-likeness (QED) is 0.668. The molecular formula is C12H12N4O2S. The summed E-state index contributed by atoms with van der Waals surface area (Å²) in [6.07, 6.45) is 3.12. The zero-order valence-corrected chi connectivity index (χ0v) is 11.1. The van der Waals surface area contributed by atoms with Gasteiger partial charge in [0, 0.05) is 18.1 Å². The fourth-order valence-corrected chi connectivity index (χ4v) is 2.15. The lowest BCUT2D eigenvalue weighted by Gasteiger charge is -2.04. The first-order valence-corrected chi connectivity index (χ1v) is 6.43. The molecule has 2 N–H and O–H groups in total. The highest BCUT2D eigenvalue weighted by atomic mass is 32.2. The van der Waals surface area contributed by atoms with E-state index in [-0.39, 0.29) is 5.69 Å². The van der Waals surface area contributed by atoms with Crippen molar-refractivity contribution in [1.29, 1.82) is 0 Å². The minimum Gasteiger partial charge on any atom is -0.464 e. The van der Waals surface area contributed by atoms with Crippen molar-refractivity contribution in [3.8, 4) is 0 Å². The van der Waals surface area contributed by atoms with Gasteiger partial charge in [-0.05, 0) is 12.1 Å². The van der Waals surface area contributed by atoms with Gasteiger partial charge in [-0.15, -0.1) is 0 Å². The highest BCUT2D eigenvalue weighted by Gasteiger charge is 2.08. The Bertz CT molecular complexity index is 591. The number of anilines is 1. The molecule has 2 heterocycles. The molecule has 0 amide bonds. The molecule has 6 nitrogen and oxygen atoms in total. The predicted molar refractivity (Wildman–Crippen MR) is 71.6 cm³/mol. The highest BCUT2D eigenvalue weighted by molar-refractivity contribution is 7.98. The van der Waals surface area contributed by atoms with E-state index < -0.39 is 5.97 Å². The maximum absolute atomic E-state index is 11.4. The first kappa shape index (κ1) is 13.3. The van der Waals surface area contributed by atoms with E-state index >= 15 is 0 Å². The number of carbonyl (C=O) groups excluding carboxylic acids is 1. The SMILES string of the molecule is COC(=O)c1cccc(CSc2nccnc2N)n1. The summed E-state index contributed by atoms with van der Waals surface area (Å²) >= 11 is 1.41. The van der Waals surface area contributed by atoms with Crippen LogP contribution in [0.15, 0.2) is 35.6 Å². The molecule has 0 aliphatic carbocycles. The summed E-state index contributed by atoms with van der Waals surface area (Å²) in [5, 5.41) is 0.646. The molecule has 2 aromatic heterocycles. The van der Waals surface area contributed by atoms with Gasteiger partial charge >= 0.3 is 5.97 Å². The maximum Gasteiger partial charge on any atom is 0.356 e. The van der Waals surface area contributed by atoms with Crippen LogP contribution in [-0.4, -0.2) is 28.0 Å². The predicted octanol–water partition coefficient (Wildman–Crippen LogP) is 1.53. The van der Waals surface area contributed by atoms with Gasteiger partial charge < -0.3 is 10.5 Å². The molecule has 2 rings (SSSR count). The molecule has 98 valence electrons. The van der Waals surface area contributed by atoms with E-state index in [2.05, 4.69) is 19.7 Å². The molecule has 0 aliphatic heterocycles. The van der Waals surface area contributed by atoms with E-state index in [0.717, 1.165) is 5.69 Å². The number of methoxy groups -OCH3 is 1. The molecule has 0 unspecified atom stereocenters. The van der Waals surface area contributed by atoms with Crippen LogP contribution >= 0.6 is 11.8 Å². The number of nitrogens with two attached hydrogens (primary N) is 1. The Morgan fingerprint density at radius 2 is 2.16 bits per heavy atom. The summed E-state index contributed by atoms with van der Waals surface area (Å²) in [5.41, 5.74) is 6.73. The van der Waals surface area contributed by atoms with Crippen molar-refractivity contribution in [2.75, 3.05) is 12.8 Å². The van der Waals surface area contributed by atoms with Gasteiger partial charge in [-0.25, -0.2) is 19.7 Å². The van der Waals surface area contributed by atoms with Gasteiger partial charge in [-0.3, -0.25) is 0 Å². The number of hydrogen-bond acceptors (Lipinski definition) is 7. The standard InChI is InChI=1S/C12H12N4O2S/c1-18-12(17)9-4-2-3-8(16-9)7-19-11-10(13)14-5-6-15-11/h2-6H,7H2,1H3,(H2,13,14). The van der Waals surface area contributed by atoms with Crippen molar-refractivity contribution in [2.45, 2.75) is 10.8 Å². The van der Waals surface area contributed by atoms with Crippen LogP contribution < -0.4 is 5.73 Å². The van der Waals surface area contributed by atoms with Crippen LogP contribution in [0.2, 0.25) is 0 Å². The van der Waals surface area contributed by atoms with Gasteiger partial charge in [0.1, 0.15) is 10.7 Å². The van der Waals surface area contributed by atoms with Gasteiger partial charge in [0.25, 0.3) is 0 Å². The lowest BCUT2D eigenvalue weighted by Crippen LogP contribution is -2.05. The fraction of sp³-hybridized carbons (Fsp3) is 0.167. The molecule has 0 radical (unpaired) electrons. The van der Waals surface area contributed by atoms with Crippen molar-refractivity contribution in [3.63, 3.8) is 0 Å². The number of esters is 1. The normalized spacial score (nSPS) is 10.2. The van der Waals surface area contributed by atoms with Crippen LogP contribution in [0.25, 0.3) is 0 Å². The molecule has 7 heteroatoms. The zero-order chi connectivity index (χ0) is 13.7. The molecule has 0 saturated carbocycles. The third-order valence-electron chi connectivity index (χ3n) is 2.25. The van der Waals surface area contributed by atoms with E-state index in [0.29, 0.717) is 16.6 Å². The summed E-state index contributed by atoms with van der Waals surface area (Å²) in [4.78, 5) is 23.6. The van der Waals surface area contributed by atoms with E-state index in [1.54, 1.807) is 18.3 Å². The second-order valence-electron chi connectivity index (χ2n) is 3.54. The van der Waals surface area contributed by atoms with Crippen molar-refractivity contribution < 1.29 is 9.53 Å². The first-order chi connectivity index (χ1) is 9.20. The summed E-state index contributed by atoms with van der Waals surface area (Å²) in [6.45, 7) is 0. The molecule has 2 aromatic rings. The Balaban J connectivity index is 2.08. The van der Waals surface area contributed by atoms with Crippen LogP contribution in [0, 0.1) is 0 Å². The summed E-state index contributed by atoms with van der Waals surface area (Å²) < 4.78 is 4.62. The van der Waals surface area contributed by atoms with Gasteiger partial charge in [0.05, 0.1) is 12.8 Å². The van der Waals surface area contributed by atoms with Crippen LogP contribution in [0.3, 0.4) is 0 Å². The Morgan fingerprint density at radius 1 is 1.37 bits per heavy atom. The first-order valence-electron chi connectivity index (χ1n) is 5.44. The minimum atomic E-state index is -0.453. The smallest absolute Gasteiger partial charge is 0.356 e. The van der Waals surface area contributed by atoms with Crippen molar-refractivity contribution >= 4 is 23.5 Å². The Morgan fingerprint density at radius 3 is 2.89 bits per heavy atom. The van der Waals surface area contributed by atoms with E-state index in [1.165, 1.54) is 25.1 Å².